The second-order valence-electron chi connectivity index (χ2n) is 6.01. The summed E-state index contributed by atoms with van der Waals surface area (Å²) in [5.74, 6) is -0.313. The van der Waals surface area contributed by atoms with E-state index in [-0.39, 0.29) is 5.91 Å². The average molecular weight is 449 g/mol. The third-order valence-corrected chi connectivity index (χ3v) is 4.75. The molecule has 1 amide bonds. The number of hydrogen-bond donors (Lipinski definition) is 2. The van der Waals surface area contributed by atoms with Crippen LogP contribution >= 0.6 is 15.9 Å². The number of aromatic nitrogens is 2. The van der Waals surface area contributed by atoms with E-state index in [1.54, 1.807) is 41.2 Å². The molecule has 2 N–H and O–H groups in total. The molecule has 0 saturated carbocycles. The van der Waals surface area contributed by atoms with Crippen LogP contribution in [-0.4, -0.2) is 30.4 Å². The molecule has 0 aliphatic carbocycles. The summed E-state index contributed by atoms with van der Waals surface area (Å²) in [6, 6.07) is 12.0. The van der Waals surface area contributed by atoms with Crippen molar-refractivity contribution >= 4 is 43.2 Å². The van der Waals surface area contributed by atoms with Crippen molar-refractivity contribution in [2.45, 2.75) is 6.92 Å². The maximum Gasteiger partial charge on any atom is 0.255 e. The zero-order valence-corrected chi connectivity index (χ0v) is 17.0. The van der Waals surface area contributed by atoms with Gasteiger partial charge in [0.2, 0.25) is 10.0 Å². The number of aryl methyl sites for hydroxylation is 1. The van der Waals surface area contributed by atoms with Crippen LogP contribution in [-0.2, 0) is 10.0 Å². The number of nitrogens with one attached hydrogen (secondary N) is 2. The van der Waals surface area contributed by atoms with Crippen molar-refractivity contribution in [3.05, 3.63) is 70.5 Å². The Morgan fingerprint density at radius 2 is 1.89 bits per heavy atom. The van der Waals surface area contributed by atoms with Crippen molar-refractivity contribution in [2.75, 3.05) is 16.3 Å². The number of benzene rings is 2. The Morgan fingerprint density at radius 1 is 1.15 bits per heavy atom. The molecule has 9 heteroatoms. The smallest absolute Gasteiger partial charge is 0.255 e. The van der Waals surface area contributed by atoms with E-state index in [1.165, 1.54) is 0 Å². The fourth-order valence-electron chi connectivity index (χ4n) is 2.55. The van der Waals surface area contributed by atoms with Crippen LogP contribution in [0.2, 0.25) is 0 Å². The summed E-state index contributed by atoms with van der Waals surface area (Å²) in [4.78, 5) is 12.7. The highest BCUT2D eigenvalue weighted by Crippen LogP contribution is 2.24. The van der Waals surface area contributed by atoms with Crippen LogP contribution in [0, 0.1) is 6.92 Å². The van der Waals surface area contributed by atoms with E-state index >= 15 is 0 Å². The second-order valence-corrected chi connectivity index (χ2v) is 8.67. The highest BCUT2D eigenvalue weighted by Gasteiger charge is 2.12. The standard InChI is InChI=1S/C18H17BrN4O3S/c1-12-4-5-13(8-17(12)23-7-3-6-20-23)18(24)21-15-9-14(19)10-16(11-15)22-27(2,25)26/h3-11,22H,1-2H3,(H,21,24). The molecule has 27 heavy (non-hydrogen) atoms. The molecule has 1 aromatic heterocycles. The van der Waals surface area contributed by atoms with E-state index in [2.05, 4.69) is 31.1 Å². The Hall–Kier alpha value is -2.65. The van der Waals surface area contributed by atoms with Gasteiger partial charge in [-0.25, -0.2) is 13.1 Å². The molecular formula is C18H17BrN4O3S. The van der Waals surface area contributed by atoms with E-state index in [4.69, 9.17) is 0 Å². The molecule has 0 fully saturated rings. The predicted molar refractivity (Wildman–Crippen MR) is 109 cm³/mol. The molecule has 0 saturated heterocycles. The fraction of sp³-hybridized carbons (Fsp3) is 0.111. The normalized spacial score (nSPS) is 11.2. The van der Waals surface area contributed by atoms with Gasteiger partial charge < -0.3 is 5.32 Å². The molecule has 1 heterocycles. The van der Waals surface area contributed by atoms with Gasteiger partial charge in [0.05, 0.1) is 17.6 Å². The molecule has 0 radical (unpaired) electrons. The van der Waals surface area contributed by atoms with Gasteiger partial charge in [-0.15, -0.1) is 0 Å². The van der Waals surface area contributed by atoms with Crippen molar-refractivity contribution < 1.29 is 13.2 Å². The first kappa shape index (κ1) is 19.1. The van der Waals surface area contributed by atoms with Crippen LogP contribution in [0.4, 0.5) is 11.4 Å². The number of amides is 1. The number of hydrogen-bond acceptors (Lipinski definition) is 4. The van der Waals surface area contributed by atoms with Gasteiger partial charge in [-0.05, 0) is 48.9 Å². The Bertz CT molecular complexity index is 1100. The van der Waals surface area contributed by atoms with Crippen LogP contribution in [0.3, 0.4) is 0 Å². The van der Waals surface area contributed by atoms with Gasteiger partial charge in [-0.1, -0.05) is 22.0 Å². The lowest BCUT2D eigenvalue weighted by atomic mass is 10.1. The minimum Gasteiger partial charge on any atom is -0.322 e. The summed E-state index contributed by atoms with van der Waals surface area (Å²) >= 11 is 3.32. The molecule has 0 unspecified atom stereocenters. The molecule has 0 aliphatic heterocycles. The van der Waals surface area contributed by atoms with E-state index < -0.39 is 10.0 Å². The first-order valence-corrected chi connectivity index (χ1v) is 10.6. The minimum absolute atomic E-state index is 0.313. The molecular weight excluding hydrogens is 432 g/mol. The Balaban J connectivity index is 1.87. The lowest BCUT2D eigenvalue weighted by Gasteiger charge is -2.11. The molecule has 3 aromatic rings. The second kappa shape index (κ2) is 7.53. The monoisotopic (exact) mass is 448 g/mol. The largest absolute Gasteiger partial charge is 0.322 e. The Labute approximate surface area is 165 Å². The summed E-state index contributed by atoms with van der Waals surface area (Å²) in [6.07, 6.45) is 4.54. The topological polar surface area (TPSA) is 93.1 Å². The zero-order chi connectivity index (χ0) is 19.6. The third-order valence-electron chi connectivity index (χ3n) is 3.68. The third kappa shape index (κ3) is 4.95. The molecule has 0 bridgehead atoms. The van der Waals surface area contributed by atoms with Crippen molar-refractivity contribution in [2.24, 2.45) is 0 Å². The van der Waals surface area contributed by atoms with E-state index in [0.717, 1.165) is 17.5 Å². The van der Waals surface area contributed by atoms with Gasteiger partial charge in [0.15, 0.2) is 0 Å². The Morgan fingerprint density at radius 3 is 2.56 bits per heavy atom. The van der Waals surface area contributed by atoms with E-state index in [0.29, 0.717) is 21.4 Å². The highest BCUT2D eigenvalue weighted by molar-refractivity contribution is 9.10. The minimum atomic E-state index is -3.42. The molecule has 2 aromatic carbocycles. The lowest BCUT2D eigenvalue weighted by molar-refractivity contribution is 0.102. The molecule has 3 rings (SSSR count). The van der Waals surface area contributed by atoms with Gasteiger partial charge in [0, 0.05) is 28.1 Å². The van der Waals surface area contributed by atoms with Crippen LogP contribution in [0.1, 0.15) is 15.9 Å². The fourth-order valence-corrected chi connectivity index (χ4v) is 3.59. The maximum atomic E-state index is 12.7. The number of nitrogens with zero attached hydrogens (tertiary/aromatic N) is 2. The first-order chi connectivity index (χ1) is 12.7. The summed E-state index contributed by atoms with van der Waals surface area (Å²) in [5, 5.41) is 6.99. The lowest BCUT2D eigenvalue weighted by Crippen LogP contribution is -2.14. The summed E-state index contributed by atoms with van der Waals surface area (Å²) in [5.41, 5.74) is 3.06. The van der Waals surface area contributed by atoms with Crippen molar-refractivity contribution in [3.8, 4) is 5.69 Å². The summed E-state index contributed by atoms with van der Waals surface area (Å²) < 4.78 is 27.6. The number of anilines is 2. The zero-order valence-electron chi connectivity index (χ0n) is 14.6. The first-order valence-electron chi connectivity index (χ1n) is 7.92. The van der Waals surface area contributed by atoms with E-state index in [9.17, 15) is 13.2 Å². The van der Waals surface area contributed by atoms with Gasteiger partial charge in [-0.2, -0.15) is 5.10 Å². The molecule has 7 nitrogen and oxygen atoms in total. The van der Waals surface area contributed by atoms with Crippen molar-refractivity contribution in [1.29, 1.82) is 0 Å². The molecule has 0 atom stereocenters. The molecule has 140 valence electrons. The number of rotatable bonds is 5. The number of sulfonamides is 1. The predicted octanol–water partition coefficient (Wildman–Crippen LogP) is 3.57. The van der Waals surface area contributed by atoms with Crippen LogP contribution in [0.25, 0.3) is 5.69 Å². The van der Waals surface area contributed by atoms with Gasteiger partial charge in [0.1, 0.15) is 0 Å². The van der Waals surface area contributed by atoms with Crippen LogP contribution < -0.4 is 10.0 Å². The van der Waals surface area contributed by atoms with Crippen molar-refractivity contribution in [1.82, 2.24) is 9.78 Å². The maximum absolute atomic E-state index is 12.7. The highest BCUT2D eigenvalue weighted by atomic mass is 79.9. The van der Waals surface area contributed by atoms with Crippen LogP contribution in [0.5, 0.6) is 0 Å². The molecule has 0 aliphatic rings. The summed E-state index contributed by atoms with van der Waals surface area (Å²) in [7, 11) is -3.42. The SMILES string of the molecule is Cc1ccc(C(=O)Nc2cc(Br)cc(NS(C)(=O)=O)c2)cc1-n1cccn1. The number of carbonyl (C=O) groups is 1. The van der Waals surface area contributed by atoms with Crippen molar-refractivity contribution in [3.63, 3.8) is 0 Å². The molecule has 0 spiro atoms. The van der Waals surface area contributed by atoms with Crippen LogP contribution in [0.15, 0.2) is 59.3 Å². The number of carbonyl (C=O) groups excluding carboxylic acids is 1. The Kier molecular flexibility index (Phi) is 5.33. The van der Waals surface area contributed by atoms with Gasteiger partial charge in [0.25, 0.3) is 5.91 Å². The number of halogens is 1. The summed E-state index contributed by atoms with van der Waals surface area (Å²) in [6.45, 7) is 1.94. The van der Waals surface area contributed by atoms with E-state index in [1.807, 2.05) is 25.3 Å². The quantitative estimate of drug-likeness (QED) is 0.623. The van der Waals surface area contributed by atoms with Gasteiger partial charge in [-0.3, -0.25) is 9.52 Å². The van der Waals surface area contributed by atoms with Gasteiger partial charge >= 0.3 is 0 Å². The average Bonchev–Trinajstić information content (AvgIpc) is 3.07.